The number of hydrogen-bond acceptors (Lipinski definition) is 2. The highest BCUT2D eigenvalue weighted by molar-refractivity contribution is 5.28. The molecule has 0 aliphatic rings. The standard InChI is InChI=1S/C18H22O2/c1-4-15-6-10-17(11-7-15)19-14(3)20-18-12-8-16(5-2)9-13-18/h6-14H,4-5H2,1-3H3. The molecule has 2 rings (SSSR count). The summed E-state index contributed by atoms with van der Waals surface area (Å²) in [4.78, 5) is 0. The summed E-state index contributed by atoms with van der Waals surface area (Å²) in [5.41, 5.74) is 2.61. The van der Waals surface area contributed by atoms with Crippen molar-refractivity contribution in [1.82, 2.24) is 0 Å². The summed E-state index contributed by atoms with van der Waals surface area (Å²) < 4.78 is 11.5. The van der Waals surface area contributed by atoms with Crippen molar-refractivity contribution in [3.63, 3.8) is 0 Å². The van der Waals surface area contributed by atoms with Gasteiger partial charge < -0.3 is 9.47 Å². The van der Waals surface area contributed by atoms with Gasteiger partial charge >= 0.3 is 0 Å². The molecule has 2 heteroatoms. The van der Waals surface area contributed by atoms with Crippen LogP contribution in [0.15, 0.2) is 48.5 Å². The maximum atomic E-state index is 5.75. The second-order valence-corrected chi connectivity index (χ2v) is 4.80. The van der Waals surface area contributed by atoms with E-state index in [0.29, 0.717) is 0 Å². The Morgan fingerprint density at radius 2 is 1.05 bits per heavy atom. The van der Waals surface area contributed by atoms with Crippen molar-refractivity contribution >= 4 is 0 Å². The zero-order valence-electron chi connectivity index (χ0n) is 12.4. The molecule has 0 unspecified atom stereocenters. The first-order valence-electron chi connectivity index (χ1n) is 7.22. The van der Waals surface area contributed by atoms with Gasteiger partial charge in [0.1, 0.15) is 11.5 Å². The first-order valence-corrected chi connectivity index (χ1v) is 7.22. The Kier molecular flexibility index (Phi) is 5.05. The monoisotopic (exact) mass is 270 g/mol. The van der Waals surface area contributed by atoms with Crippen LogP contribution in [-0.2, 0) is 12.8 Å². The Morgan fingerprint density at radius 3 is 1.35 bits per heavy atom. The average molecular weight is 270 g/mol. The van der Waals surface area contributed by atoms with Crippen molar-refractivity contribution in [2.75, 3.05) is 0 Å². The second-order valence-electron chi connectivity index (χ2n) is 4.80. The summed E-state index contributed by atoms with van der Waals surface area (Å²) in [6, 6.07) is 16.3. The third-order valence-corrected chi connectivity index (χ3v) is 3.27. The number of aryl methyl sites for hydroxylation is 2. The highest BCUT2D eigenvalue weighted by Crippen LogP contribution is 2.18. The van der Waals surface area contributed by atoms with Crippen molar-refractivity contribution in [3.05, 3.63) is 59.7 Å². The summed E-state index contributed by atoms with van der Waals surface area (Å²) in [5.74, 6) is 1.67. The van der Waals surface area contributed by atoms with E-state index in [1.165, 1.54) is 11.1 Å². The number of benzene rings is 2. The van der Waals surface area contributed by atoms with Gasteiger partial charge in [0.05, 0.1) is 0 Å². The summed E-state index contributed by atoms with van der Waals surface area (Å²) >= 11 is 0. The number of ether oxygens (including phenoxy) is 2. The van der Waals surface area contributed by atoms with Gasteiger partial charge in [-0.25, -0.2) is 0 Å². The van der Waals surface area contributed by atoms with Crippen LogP contribution < -0.4 is 9.47 Å². The molecule has 0 aliphatic heterocycles. The molecule has 0 aliphatic carbocycles. The molecule has 2 aromatic carbocycles. The van der Waals surface area contributed by atoms with Crippen LogP contribution >= 0.6 is 0 Å². The van der Waals surface area contributed by atoms with E-state index < -0.39 is 0 Å². The van der Waals surface area contributed by atoms with Crippen LogP contribution in [0.1, 0.15) is 31.9 Å². The quantitative estimate of drug-likeness (QED) is 0.713. The molecule has 0 spiro atoms. The molecule has 0 atom stereocenters. The van der Waals surface area contributed by atoms with Crippen molar-refractivity contribution in [3.8, 4) is 11.5 Å². The maximum absolute atomic E-state index is 5.75. The molecular weight excluding hydrogens is 248 g/mol. The van der Waals surface area contributed by atoms with Gasteiger partial charge in [0, 0.05) is 6.92 Å². The fraction of sp³-hybridized carbons (Fsp3) is 0.333. The lowest BCUT2D eigenvalue weighted by atomic mass is 10.2. The highest BCUT2D eigenvalue weighted by Gasteiger charge is 2.05. The van der Waals surface area contributed by atoms with E-state index in [4.69, 9.17) is 9.47 Å². The van der Waals surface area contributed by atoms with Gasteiger partial charge in [-0.3, -0.25) is 0 Å². The number of rotatable bonds is 6. The fourth-order valence-corrected chi connectivity index (χ4v) is 2.01. The summed E-state index contributed by atoms with van der Waals surface area (Å²) in [7, 11) is 0. The SMILES string of the molecule is CCc1ccc(OC(C)Oc2ccc(CC)cc2)cc1. The zero-order chi connectivity index (χ0) is 14.4. The molecule has 0 saturated heterocycles. The van der Waals surface area contributed by atoms with Gasteiger partial charge in [-0.1, -0.05) is 38.1 Å². The Hall–Kier alpha value is -1.96. The first-order chi connectivity index (χ1) is 9.71. The third kappa shape index (κ3) is 4.02. The smallest absolute Gasteiger partial charge is 0.238 e. The van der Waals surface area contributed by atoms with Crippen molar-refractivity contribution in [2.24, 2.45) is 0 Å². The van der Waals surface area contributed by atoms with E-state index >= 15 is 0 Å². The Labute approximate surface area is 121 Å². The minimum atomic E-state index is -0.310. The molecule has 0 bridgehead atoms. The normalized spacial score (nSPS) is 10.6. The fourth-order valence-electron chi connectivity index (χ4n) is 2.01. The van der Waals surface area contributed by atoms with E-state index in [1.54, 1.807) is 0 Å². The lowest BCUT2D eigenvalue weighted by Crippen LogP contribution is -2.19. The molecule has 0 aromatic heterocycles. The molecule has 0 radical (unpaired) electrons. The summed E-state index contributed by atoms with van der Waals surface area (Å²) in [5, 5.41) is 0. The molecule has 0 N–H and O–H groups in total. The van der Waals surface area contributed by atoms with Crippen LogP contribution in [0, 0.1) is 0 Å². The van der Waals surface area contributed by atoms with Gasteiger partial charge in [-0.15, -0.1) is 0 Å². The molecule has 0 saturated carbocycles. The molecule has 2 aromatic rings. The molecule has 0 fully saturated rings. The molecular formula is C18H22O2. The lowest BCUT2D eigenvalue weighted by molar-refractivity contribution is 0.0223. The van der Waals surface area contributed by atoms with Crippen LogP contribution in [0.2, 0.25) is 0 Å². The predicted molar refractivity (Wildman–Crippen MR) is 82.4 cm³/mol. The Balaban J connectivity index is 1.91. The molecule has 0 heterocycles. The average Bonchev–Trinajstić information content (AvgIpc) is 2.49. The van der Waals surface area contributed by atoms with E-state index in [0.717, 1.165) is 24.3 Å². The lowest BCUT2D eigenvalue weighted by Gasteiger charge is -2.17. The van der Waals surface area contributed by atoms with Gasteiger partial charge in [0.15, 0.2) is 0 Å². The van der Waals surface area contributed by atoms with Crippen LogP contribution in [0.5, 0.6) is 11.5 Å². The van der Waals surface area contributed by atoms with Crippen LogP contribution in [0.4, 0.5) is 0 Å². The van der Waals surface area contributed by atoms with Crippen molar-refractivity contribution in [2.45, 2.75) is 39.9 Å². The van der Waals surface area contributed by atoms with E-state index in [9.17, 15) is 0 Å². The first kappa shape index (κ1) is 14.4. The Bertz CT molecular complexity index is 465. The van der Waals surface area contributed by atoms with E-state index in [2.05, 4.69) is 38.1 Å². The van der Waals surface area contributed by atoms with E-state index in [-0.39, 0.29) is 6.29 Å². The largest absolute Gasteiger partial charge is 0.455 e. The molecule has 20 heavy (non-hydrogen) atoms. The molecule has 2 nitrogen and oxygen atoms in total. The maximum Gasteiger partial charge on any atom is 0.238 e. The van der Waals surface area contributed by atoms with Gasteiger partial charge in [0.2, 0.25) is 6.29 Å². The summed E-state index contributed by atoms with van der Waals surface area (Å²) in [6.07, 6.45) is 1.77. The van der Waals surface area contributed by atoms with Gasteiger partial charge in [-0.05, 0) is 48.2 Å². The van der Waals surface area contributed by atoms with Crippen molar-refractivity contribution in [1.29, 1.82) is 0 Å². The molecule has 0 amide bonds. The summed E-state index contributed by atoms with van der Waals surface area (Å²) in [6.45, 7) is 6.19. The zero-order valence-corrected chi connectivity index (χ0v) is 12.4. The van der Waals surface area contributed by atoms with Crippen molar-refractivity contribution < 1.29 is 9.47 Å². The predicted octanol–water partition coefficient (Wildman–Crippen LogP) is 4.62. The van der Waals surface area contributed by atoms with E-state index in [1.807, 2.05) is 31.2 Å². The van der Waals surface area contributed by atoms with Gasteiger partial charge in [0.25, 0.3) is 0 Å². The van der Waals surface area contributed by atoms with Crippen LogP contribution in [0.25, 0.3) is 0 Å². The van der Waals surface area contributed by atoms with Crippen LogP contribution in [-0.4, -0.2) is 6.29 Å². The number of hydrogen-bond donors (Lipinski definition) is 0. The van der Waals surface area contributed by atoms with Gasteiger partial charge in [-0.2, -0.15) is 0 Å². The van der Waals surface area contributed by atoms with Crippen LogP contribution in [0.3, 0.4) is 0 Å². The minimum absolute atomic E-state index is 0.310. The molecule has 106 valence electrons. The minimum Gasteiger partial charge on any atom is -0.455 e. The second kappa shape index (κ2) is 6.99. The Morgan fingerprint density at radius 1 is 0.700 bits per heavy atom. The topological polar surface area (TPSA) is 18.5 Å². The highest BCUT2D eigenvalue weighted by atomic mass is 16.7. The third-order valence-electron chi connectivity index (χ3n) is 3.27.